The smallest absolute Gasteiger partial charge is 0.407 e. The highest BCUT2D eigenvalue weighted by atomic mass is 16.6. The van der Waals surface area contributed by atoms with Crippen molar-refractivity contribution in [2.75, 3.05) is 50.8 Å². The van der Waals surface area contributed by atoms with E-state index in [-0.39, 0.29) is 18.2 Å². The van der Waals surface area contributed by atoms with Crippen molar-refractivity contribution < 1.29 is 14.3 Å². The van der Waals surface area contributed by atoms with Crippen LogP contribution in [0.5, 0.6) is 0 Å². The average molecular weight is 462 g/mol. The summed E-state index contributed by atoms with van der Waals surface area (Å²) in [5.74, 6) is 0.534. The number of carbonyl (C=O) groups excluding carboxylic acids is 1. The quantitative estimate of drug-likeness (QED) is 0.732. The largest absolute Gasteiger partial charge is 0.445 e. The molecule has 1 N–H and O–H groups in total. The maximum atomic E-state index is 12.8. The lowest BCUT2D eigenvalue weighted by molar-refractivity contribution is -0.0340. The predicted octanol–water partition coefficient (Wildman–Crippen LogP) is 4.39. The molecule has 5 aliphatic rings. The number of rotatable bonds is 4. The van der Waals surface area contributed by atoms with Crippen LogP contribution in [0.3, 0.4) is 0 Å². The Bertz CT molecular complexity index is 1010. The number of anilines is 1. The molecule has 4 aliphatic heterocycles. The van der Waals surface area contributed by atoms with E-state index in [1.54, 1.807) is 0 Å². The molecule has 1 aliphatic carbocycles. The van der Waals surface area contributed by atoms with Crippen molar-refractivity contribution in [1.82, 2.24) is 10.2 Å². The Kier molecular flexibility index (Phi) is 6.18. The molecule has 1 amide bonds. The van der Waals surface area contributed by atoms with Gasteiger partial charge in [-0.2, -0.15) is 0 Å². The van der Waals surface area contributed by atoms with E-state index < -0.39 is 0 Å². The number of hydrogen-bond acceptors (Lipinski definition) is 5. The number of alkyl carbamates (subject to hydrolysis) is 1. The molecular weight excluding hydrogens is 426 g/mol. The van der Waals surface area contributed by atoms with Crippen LogP contribution in [0.1, 0.15) is 42.9 Å². The lowest BCUT2D eigenvalue weighted by Crippen LogP contribution is -2.52. The topological polar surface area (TPSA) is 54.0 Å². The van der Waals surface area contributed by atoms with Crippen LogP contribution in [0.15, 0.2) is 42.5 Å². The minimum Gasteiger partial charge on any atom is -0.445 e. The molecule has 4 saturated heterocycles. The van der Waals surface area contributed by atoms with Crippen molar-refractivity contribution in [3.8, 4) is 11.1 Å². The molecular formula is C28H35N3O3. The van der Waals surface area contributed by atoms with Crippen LogP contribution < -0.4 is 10.2 Å². The third kappa shape index (κ3) is 4.53. The molecule has 0 radical (unpaired) electrons. The van der Waals surface area contributed by atoms with Gasteiger partial charge in [0.2, 0.25) is 0 Å². The molecule has 7 rings (SSSR count). The number of hydrogen-bond donors (Lipinski definition) is 1. The number of piperidine rings is 3. The van der Waals surface area contributed by atoms with Crippen LogP contribution in [0.2, 0.25) is 0 Å². The monoisotopic (exact) mass is 461 g/mol. The second-order valence-corrected chi connectivity index (χ2v) is 10.2. The Morgan fingerprint density at radius 1 is 0.941 bits per heavy atom. The fourth-order valence-electron chi connectivity index (χ4n) is 6.19. The van der Waals surface area contributed by atoms with Crippen molar-refractivity contribution in [3.63, 3.8) is 0 Å². The molecule has 180 valence electrons. The van der Waals surface area contributed by atoms with Crippen LogP contribution in [-0.4, -0.2) is 63.0 Å². The van der Waals surface area contributed by atoms with Gasteiger partial charge in [0.1, 0.15) is 6.10 Å². The number of amides is 1. The van der Waals surface area contributed by atoms with Gasteiger partial charge in [-0.1, -0.05) is 30.3 Å². The fraction of sp³-hybridized carbons (Fsp3) is 0.536. The van der Waals surface area contributed by atoms with Gasteiger partial charge in [0, 0.05) is 25.3 Å². The lowest BCUT2D eigenvalue weighted by atomic mass is 9.85. The third-order valence-corrected chi connectivity index (χ3v) is 8.18. The van der Waals surface area contributed by atoms with E-state index in [2.05, 4.69) is 57.6 Å². The van der Waals surface area contributed by atoms with Gasteiger partial charge in [-0.3, -0.25) is 4.90 Å². The molecule has 0 spiro atoms. The van der Waals surface area contributed by atoms with Gasteiger partial charge in [0.25, 0.3) is 0 Å². The number of ether oxygens (including phenoxy) is 2. The van der Waals surface area contributed by atoms with Crippen LogP contribution in [-0.2, 0) is 15.9 Å². The van der Waals surface area contributed by atoms with Crippen molar-refractivity contribution in [1.29, 1.82) is 0 Å². The molecule has 6 heteroatoms. The Labute approximate surface area is 202 Å². The SMILES string of the molecule is O=C(NC1CCCc2cc(-c3ccc(N4CCOCC4)cc3)ccc21)O[C@@H]1CN2CCC1CC2. The normalized spacial score (nSPS) is 28.3. The van der Waals surface area contributed by atoms with E-state index in [4.69, 9.17) is 9.47 Å². The van der Waals surface area contributed by atoms with Crippen molar-refractivity contribution in [2.24, 2.45) is 5.92 Å². The highest BCUT2D eigenvalue weighted by Gasteiger charge is 2.37. The van der Waals surface area contributed by atoms with Crippen LogP contribution >= 0.6 is 0 Å². The number of morpholine rings is 1. The number of carbonyl (C=O) groups is 1. The first-order valence-corrected chi connectivity index (χ1v) is 13.0. The van der Waals surface area contributed by atoms with Gasteiger partial charge in [-0.15, -0.1) is 0 Å². The number of fused-ring (bicyclic) bond motifs is 4. The zero-order valence-electron chi connectivity index (χ0n) is 19.9. The Morgan fingerprint density at radius 3 is 2.44 bits per heavy atom. The molecule has 1 unspecified atom stereocenters. The van der Waals surface area contributed by atoms with E-state index in [0.717, 1.165) is 78.0 Å². The molecule has 2 aromatic carbocycles. The molecule has 6 nitrogen and oxygen atoms in total. The minimum atomic E-state index is -0.251. The second kappa shape index (κ2) is 9.59. The standard InChI is InChI=1S/C28H35N3O3/c32-28(34-27-19-30-12-10-21(27)11-13-30)29-26-3-1-2-23-18-22(6-9-25(23)26)20-4-7-24(8-5-20)31-14-16-33-17-15-31/h4-9,18,21,26-27H,1-3,10-17,19H2,(H,29,32)/t26?,27-/m1/s1. The van der Waals surface area contributed by atoms with E-state index >= 15 is 0 Å². The van der Waals surface area contributed by atoms with E-state index in [9.17, 15) is 4.79 Å². The summed E-state index contributed by atoms with van der Waals surface area (Å²) in [6.07, 6.45) is 5.21. The van der Waals surface area contributed by atoms with E-state index in [1.165, 1.54) is 27.9 Å². The van der Waals surface area contributed by atoms with Gasteiger partial charge >= 0.3 is 6.09 Å². The highest BCUT2D eigenvalue weighted by molar-refractivity contribution is 5.70. The van der Waals surface area contributed by atoms with Crippen molar-refractivity contribution >= 4 is 11.8 Å². The number of benzene rings is 2. The summed E-state index contributed by atoms with van der Waals surface area (Å²) in [4.78, 5) is 17.6. The highest BCUT2D eigenvalue weighted by Crippen LogP contribution is 2.34. The van der Waals surface area contributed by atoms with Crippen LogP contribution in [0.4, 0.5) is 10.5 Å². The average Bonchev–Trinajstić information content (AvgIpc) is 2.90. The number of aryl methyl sites for hydroxylation is 1. The molecule has 0 aromatic heterocycles. The summed E-state index contributed by atoms with van der Waals surface area (Å²) in [7, 11) is 0. The maximum absolute atomic E-state index is 12.8. The first-order valence-electron chi connectivity index (χ1n) is 13.0. The van der Waals surface area contributed by atoms with E-state index in [1.807, 2.05) is 0 Å². The Morgan fingerprint density at radius 2 is 1.71 bits per heavy atom. The predicted molar refractivity (Wildman–Crippen MR) is 133 cm³/mol. The van der Waals surface area contributed by atoms with Gasteiger partial charge in [-0.25, -0.2) is 4.79 Å². The summed E-state index contributed by atoms with van der Waals surface area (Å²) < 4.78 is 11.4. The van der Waals surface area contributed by atoms with Gasteiger partial charge in [-0.05, 0) is 85.5 Å². The first kappa shape index (κ1) is 21.9. The zero-order valence-corrected chi connectivity index (χ0v) is 19.9. The summed E-state index contributed by atoms with van der Waals surface area (Å²) in [5, 5.41) is 3.19. The molecule has 2 aromatic rings. The maximum Gasteiger partial charge on any atom is 0.407 e. The second-order valence-electron chi connectivity index (χ2n) is 10.2. The summed E-state index contributed by atoms with van der Waals surface area (Å²) in [6.45, 7) is 6.71. The lowest BCUT2D eigenvalue weighted by Gasteiger charge is -2.44. The van der Waals surface area contributed by atoms with Gasteiger partial charge < -0.3 is 19.7 Å². The first-order chi connectivity index (χ1) is 16.7. The Balaban J connectivity index is 1.12. The van der Waals surface area contributed by atoms with E-state index in [0.29, 0.717) is 5.92 Å². The fourth-order valence-corrected chi connectivity index (χ4v) is 6.19. The van der Waals surface area contributed by atoms with Gasteiger partial charge in [0.15, 0.2) is 0 Å². The molecule has 34 heavy (non-hydrogen) atoms. The van der Waals surface area contributed by atoms with Crippen molar-refractivity contribution in [3.05, 3.63) is 53.6 Å². The van der Waals surface area contributed by atoms with Crippen LogP contribution in [0.25, 0.3) is 11.1 Å². The zero-order chi connectivity index (χ0) is 22.9. The summed E-state index contributed by atoms with van der Waals surface area (Å²) in [6, 6.07) is 15.6. The summed E-state index contributed by atoms with van der Waals surface area (Å²) in [5.41, 5.74) is 6.31. The van der Waals surface area contributed by atoms with Gasteiger partial charge in [0.05, 0.1) is 19.3 Å². The Hall–Kier alpha value is -2.57. The number of nitrogens with one attached hydrogen (secondary N) is 1. The molecule has 2 atom stereocenters. The minimum absolute atomic E-state index is 0.0371. The number of nitrogens with zero attached hydrogens (tertiary/aromatic N) is 2. The molecule has 4 heterocycles. The third-order valence-electron chi connectivity index (χ3n) is 8.18. The van der Waals surface area contributed by atoms with Crippen molar-refractivity contribution in [2.45, 2.75) is 44.2 Å². The van der Waals surface area contributed by atoms with Crippen LogP contribution in [0, 0.1) is 5.92 Å². The molecule has 0 saturated carbocycles. The molecule has 4 fully saturated rings. The summed E-state index contributed by atoms with van der Waals surface area (Å²) >= 11 is 0. The molecule has 2 bridgehead atoms.